The minimum Gasteiger partial charge on any atom is -0.478 e. The smallest absolute Gasteiger partial charge is 0.339 e. The zero-order valence-corrected chi connectivity index (χ0v) is 9.43. The third-order valence-electron chi connectivity index (χ3n) is 2.13. The van der Waals surface area contributed by atoms with E-state index in [1.54, 1.807) is 7.05 Å². The standard InChI is InChI=1S/C10H14N4O3/c1-11-9(15)2-3-12-5-8-7(10(16)17)4-13-6-14-8/h4,6,12H,2-3,5H2,1H3,(H,11,15)(H,16,17). The van der Waals surface area contributed by atoms with Gasteiger partial charge in [-0.15, -0.1) is 0 Å². The molecule has 0 aliphatic carbocycles. The summed E-state index contributed by atoms with van der Waals surface area (Å²) in [4.78, 5) is 29.3. The SMILES string of the molecule is CNC(=O)CCNCc1ncncc1C(=O)O. The van der Waals surface area contributed by atoms with Crippen LogP contribution in [0.1, 0.15) is 22.5 Å². The number of aromatic carboxylic acids is 1. The molecule has 0 aliphatic rings. The minimum absolute atomic E-state index is 0.0694. The van der Waals surface area contributed by atoms with Crippen LogP contribution in [0, 0.1) is 0 Å². The highest BCUT2D eigenvalue weighted by molar-refractivity contribution is 5.88. The van der Waals surface area contributed by atoms with Crippen molar-refractivity contribution >= 4 is 11.9 Å². The molecule has 1 heterocycles. The van der Waals surface area contributed by atoms with Crippen LogP contribution in [0.25, 0.3) is 0 Å². The maximum atomic E-state index is 10.9. The summed E-state index contributed by atoms with van der Waals surface area (Å²) < 4.78 is 0. The van der Waals surface area contributed by atoms with Gasteiger partial charge in [-0.3, -0.25) is 4.79 Å². The highest BCUT2D eigenvalue weighted by Gasteiger charge is 2.10. The van der Waals surface area contributed by atoms with Crippen LogP contribution in [0.5, 0.6) is 0 Å². The summed E-state index contributed by atoms with van der Waals surface area (Å²) in [7, 11) is 1.56. The quantitative estimate of drug-likeness (QED) is 0.572. The number of rotatable bonds is 6. The van der Waals surface area contributed by atoms with Crippen LogP contribution in [0.15, 0.2) is 12.5 Å². The minimum atomic E-state index is -1.06. The van der Waals surface area contributed by atoms with Gasteiger partial charge in [-0.05, 0) is 0 Å². The van der Waals surface area contributed by atoms with E-state index in [1.165, 1.54) is 12.5 Å². The summed E-state index contributed by atoms with van der Waals surface area (Å²) in [5.41, 5.74) is 0.476. The largest absolute Gasteiger partial charge is 0.478 e. The van der Waals surface area contributed by atoms with E-state index in [0.29, 0.717) is 25.2 Å². The number of carbonyl (C=O) groups is 2. The number of carbonyl (C=O) groups excluding carboxylic acids is 1. The van der Waals surface area contributed by atoms with Crippen molar-refractivity contribution in [2.24, 2.45) is 0 Å². The Kier molecular flexibility index (Phi) is 5.02. The molecule has 0 fully saturated rings. The first-order chi connectivity index (χ1) is 8.15. The molecule has 1 aromatic heterocycles. The van der Waals surface area contributed by atoms with Crippen molar-refractivity contribution in [3.05, 3.63) is 23.8 Å². The number of nitrogens with one attached hydrogen (secondary N) is 2. The molecule has 1 rings (SSSR count). The van der Waals surface area contributed by atoms with Gasteiger partial charge in [0.05, 0.1) is 5.69 Å². The average Bonchev–Trinajstić information content (AvgIpc) is 2.34. The summed E-state index contributed by atoms with van der Waals surface area (Å²) in [6.07, 6.45) is 2.89. The Labute approximate surface area is 98.3 Å². The fourth-order valence-corrected chi connectivity index (χ4v) is 1.21. The predicted octanol–water partition coefficient (Wildman–Crippen LogP) is -0.599. The topological polar surface area (TPSA) is 104 Å². The van der Waals surface area contributed by atoms with Gasteiger partial charge in [0.25, 0.3) is 0 Å². The highest BCUT2D eigenvalue weighted by Crippen LogP contribution is 2.02. The second-order valence-electron chi connectivity index (χ2n) is 3.29. The fourth-order valence-electron chi connectivity index (χ4n) is 1.21. The Morgan fingerprint density at radius 3 is 2.88 bits per heavy atom. The molecule has 1 aromatic rings. The molecular weight excluding hydrogens is 224 g/mol. The van der Waals surface area contributed by atoms with E-state index in [9.17, 15) is 9.59 Å². The van der Waals surface area contributed by atoms with Crippen molar-refractivity contribution in [3.63, 3.8) is 0 Å². The van der Waals surface area contributed by atoms with Gasteiger partial charge in [0, 0.05) is 32.8 Å². The highest BCUT2D eigenvalue weighted by atomic mass is 16.4. The number of nitrogens with zero attached hydrogens (tertiary/aromatic N) is 2. The molecule has 7 nitrogen and oxygen atoms in total. The van der Waals surface area contributed by atoms with Crippen molar-refractivity contribution < 1.29 is 14.7 Å². The lowest BCUT2D eigenvalue weighted by Crippen LogP contribution is -2.25. The van der Waals surface area contributed by atoms with E-state index in [0.717, 1.165) is 0 Å². The third-order valence-corrected chi connectivity index (χ3v) is 2.13. The van der Waals surface area contributed by atoms with Crippen molar-refractivity contribution in [1.29, 1.82) is 0 Å². The molecule has 0 radical (unpaired) electrons. The van der Waals surface area contributed by atoms with Gasteiger partial charge in [-0.2, -0.15) is 0 Å². The second-order valence-corrected chi connectivity index (χ2v) is 3.29. The van der Waals surface area contributed by atoms with Crippen LogP contribution in [0.2, 0.25) is 0 Å². The Bertz CT molecular complexity index is 408. The molecule has 0 saturated heterocycles. The van der Waals surface area contributed by atoms with Crippen LogP contribution in [-0.2, 0) is 11.3 Å². The lowest BCUT2D eigenvalue weighted by molar-refractivity contribution is -0.120. The predicted molar refractivity (Wildman–Crippen MR) is 59.4 cm³/mol. The summed E-state index contributed by atoms with van der Waals surface area (Å²) >= 11 is 0. The van der Waals surface area contributed by atoms with Crippen LogP contribution >= 0.6 is 0 Å². The summed E-state index contributed by atoms with van der Waals surface area (Å²) in [6, 6.07) is 0. The van der Waals surface area contributed by atoms with Gasteiger partial charge < -0.3 is 15.7 Å². The van der Waals surface area contributed by atoms with E-state index in [1.807, 2.05) is 0 Å². The zero-order valence-electron chi connectivity index (χ0n) is 9.43. The first-order valence-electron chi connectivity index (χ1n) is 5.08. The maximum absolute atomic E-state index is 10.9. The molecule has 17 heavy (non-hydrogen) atoms. The fraction of sp³-hybridized carbons (Fsp3) is 0.400. The molecule has 1 amide bonds. The maximum Gasteiger partial charge on any atom is 0.339 e. The van der Waals surface area contributed by atoms with Gasteiger partial charge in [-0.25, -0.2) is 14.8 Å². The number of amides is 1. The van der Waals surface area contributed by atoms with Gasteiger partial charge in [-0.1, -0.05) is 0 Å². The van der Waals surface area contributed by atoms with E-state index < -0.39 is 5.97 Å². The number of aromatic nitrogens is 2. The van der Waals surface area contributed by atoms with Crippen LogP contribution in [0.4, 0.5) is 0 Å². The van der Waals surface area contributed by atoms with Crippen LogP contribution in [0.3, 0.4) is 0 Å². The van der Waals surface area contributed by atoms with Crippen molar-refractivity contribution in [2.75, 3.05) is 13.6 Å². The van der Waals surface area contributed by atoms with Gasteiger partial charge in [0.1, 0.15) is 11.9 Å². The van der Waals surface area contributed by atoms with Crippen molar-refractivity contribution in [3.8, 4) is 0 Å². The lowest BCUT2D eigenvalue weighted by atomic mass is 10.2. The van der Waals surface area contributed by atoms with Crippen LogP contribution in [-0.4, -0.2) is 40.5 Å². The molecule has 0 spiro atoms. The Hall–Kier alpha value is -2.02. The lowest BCUT2D eigenvalue weighted by Gasteiger charge is -2.05. The summed E-state index contributed by atoms with van der Waals surface area (Å²) in [5, 5.41) is 14.3. The van der Waals surface area contributed by atoms with Crippen LogP contribution < -0.4 is 10.6 Å². The first-order valence-corrected chi connectivity index (χ1v) is 5.08. The molecule has 0 unspecified atom stereocenters. The zero-order chi connectivity index (χ0) is 12.7. The molecule has 92 valence electrons. The molecule has 0 saturated carbocycles. The number of hydrogen-bond donors (Lipinski definition) is 3. The first kappa shape index (κ1) is 13.0. The monoisotopic (exact) mass is 238 g/mol. The van der Waals surface area contributed by atoms with E-state index in [-0.39, 0.29) is 11.5 Å². The van der Waals surface area contributed by atoms with E-state index >= 15 is 0 Å². The second kappa shape index (κ2) is 6.54. The Morgan fingerprint density at radius 1 is 1.47 bits per heavy atom. The number of hydrogen-bond acceptors (Lipinski definition) is 5. The Balaban J connectivity index is 2.46. The molecule has 0 aromatic carbocycles. The van der Waals surface area contributed by atoms with E-state index in [4.69, 9.17) is 5.11 Å². The molecule has 7 heteroatoms. The molecular formula is C10H14N4O3. The molecule has 0 bridgehead atoms. The van der Waals surface area contributed by atoms with Gasteiger partial charge in [0.2, 0.25) is 5.91 Å². The summed E-state index contributed by atoms with van der Waals surface area (Å²) in [5.74, 6) is -1.13. The molecule has 0 atom stereocenters. The molecule has 3 N–H and O–H groups in total. The molecule has 0 aliphatic heterocycles. The Morgan fingerprint density at radius 2 is 2.24 bits per heavy atom. The summed E-state index contributed by atoms with van der Waals surface area (Å²) in [6.45, 7) is 0.754. The van der Waals surface area contributed by atoms with Gasteiger partial charge >= 0.3 is 5.97 Å². The van der Waals surface area contributed by atoms with Gasteiger partial charge in [0.15, 0.2) is 0 Å². The number of carboxylic acid groups (broad SMARTS) is 1. The normalized spacial score (nSPS) is 9.94. The number of carboxylic acids is 1. The average molecular weight is 238 g/mol. The van der Waals surface area contributed by atoms with Crippen molar-refractivity contribution in [2.45, 2.75) is 13.0 Å². The van der Waals surface area contributed by atoms with Crippen molar-refractivity contribution in [1.82, 2.24) is 20.6 Å². The van der Waals surface area contributed by atoms with E-state index in [2.05, 4.69) is 20.6 Å². The third kappa shape index (κ3) is 4.15.